The van der Waals surface area contributed by atoms with Crippen LogP contribution in [0.3, 0.4) is 0 Å². The zero-order chi connectivity index (χ0) is 44.6. The number of aliphatic hydroxyl groups is 1. The summed E-state index contributed by atoms with van der Waals surface area (Å²) in [6.07, 6.45) is 38.6. The zero-order valence-corrected chi connectivity index (χ0v) is 37.8. The van der Waals surface area contributed by atoms with Gasteiger partial charge in [0.15, 0.2) is 11.9 Å². The molecular formula is C44H74O14P2. The number of esters is 2. The van der Waals surface area contributed by atoms with Crippen LogP contribution in [0.1, 0.15) is 149 Å². The van der Waals surface area contributed by atoms with E-state index in [1.165, 1.54) is 12.8 Å². The van der Waals surface area contributed by atoms with E-state index in [0.29, 0.717) is 25.7 Å². The van der Waals surface area contributed by atoms with E-state index >= 15 is 0 Å². The van der Waals surface area contributed by atoms with E-state index in [-0.39, 0.29) is 18.6 Å². The molecule has 14 nitrogen and oxygen atoms in total. The van der Waals surface area contributed by atoms with E-state index in [0.717, 1.165) is 83.5 Å². The molecule has 0 heterocycles. The van der Waals surface area contributed by atoms with E-state index in [2.05, 4.69) is 77.6 Å². The number of ether oxygens (including phenoxy) is 2. The van der Waals surface area contributed by atoms with E-state index in [1.54, 1.807) is 12.2 Å². The predicted octanol–water partition coefficient (Wildman–Crippen LogP) is 10.2. The summed E-state index contributed by atoms with van der Waals surface area (Å²) in [7, 11) is -9.73. The van der Waals surface area contributed by atoms with E-state index in [4.69, 9.17) is 23.8 Å². The summed E-state index contributed by atoms with van der Waals surface area (Å²) in [4.78, 5) is 64.7. The summed E-state index contributed by atoms with van der Waals surface area (Å²) in [5.41, 5.74) is 0. The number of rotatable bonds is 40. The van der Waals surface area contributed by atoms with Crippen molar-refractivity contribution in [3.63, 3.8) is 0 Å². The minimum atomic E-state index is -4.88. The molecule has 0 aliphatic carbocycles. The number of phosphoric acid groups is 2. The van der Waals surface area contributed by atoms with Crippen LogP contribution in [0.15, 0.2) is 72.9 Å². The van der Waals surface area contributed by atoms with Gasteiger partial charge >= 0.3 is 27.6 Å². The topological polar surface area (TPSA) is 212 Å². The first-order chi connectivity index (χ1) is 28.8. The molecule has 1 unspecified atom stereocenters. The average Bonchev–Trinajstić information content (AvgIpc) is 3.20. The summed E-state index contributed by atoms with van der Waals surface area (Å²) >= 11 is 0. The third-order valence-electron chi connectivity index (χ3n) is 8.55. The quantitative estimate of drug-likeness (QED) is 0.0113. The van der Waals surface area contributed by atoms with Crippen LogP contribution < -0.4 is 0 Å². The molecular weight excluding hydrogens is 814 g/mol. The Morgan fingerprint density at radius 2 is 1.07 bits per heavy atom. The number of unbranched alkanes of at least 4 members (excludes halogenated alkanes) is 11. The van der Waals surface area contributed by atoms with Crippen molar-refractivity contribution >= 4 is 33.4 Å². The molecule has 0 saturated carbocycles. The third kappa shape index (κ3) is 41.9. The Morgan fingerprint density at radius 3 is 1.70 bits per heavy atom. The molecule has 60 heavy (non-hydrogen) atoms. The highest BCUT2D eigenvalue weighted by molar-refractivity contribution is 7.47. The van der Waals surface area contributed by atoms with Gasteiger partial charge in [-0.3, -0.25) is 28.0 Å². The first-order valence-corrected chi connectivity index (χ1v) is 24.6. The van der Waals surface area contributed by atoms with Crippen LogP contribution in [-0.2, 0) is 46.6 Å². The van der Waals surface area contributed by atoms with Crippen molar-refractivity contribution in [2.75, 3.05) is 26.4 Å². The fraction of sp³-hybridized carbons (Fsp3) is 0.659. The molecule has 16 heteroatoms. The van der Waals surface area contributed by atoms with E-state index in [9.17, 15) is 33.5 Å². The highest BCUT2D eigenvalue weighted by atomic mass is 31.2. The summed E-state index contributed by atoms with van der Waals surface area (Å²) in [6, 6.07) is 0. The van der Waals surface area contributed by atoms with Crippen LogP contribution in [0.2, 0.25) is 0 Å². The van der Waals surface area contributed by atoms with Gasteiger partial charge in [-0.15, -0.1) is 0 Å². The lowest BCUT2D eigenvalue weighted by Gasteiger charge is -2.20. The number of carbonyl (C=O) groups is 3. The van der Waals surface area contributed by atoms with Crippen LogP contribution in [-0.4, -0.2) is 76.1 Å². The molecule has 4 N–H and O–H groups in total. The Balaban J connectivity index is 4.66. The van der Waals surface area contributed by atoms with Gasteiger partial charge in [-0.1, -0.05) is 126 Å². The predicted molar refractivity (Wildman–Crippen MR) is 235 cm³/mol. The molecule has 0 radical (unpaired) electrons. The first kappa shape index (κ1) is 57.2. The van der Waals surface area contributed by atoms with Crippen molar-refractivity contribution < 1.29 is 66.3 Å². The van der Waals surface area contributed by atoms with Gasteiger partial charge < -0.3 is 29.3 Å². The maximum atomic E-state index is 12.7. The Morgan fingerprint density at radius 1 is 0.550 bits per heavy atom. The molecule has 0 aromatic heterocycles. The molecule has 3 atom stereocenters. The van der Waals surface area contributed by atoms with Crippen molar-refractivity contribution in [1.29, 1.82) is 0 Å². The number of aliphatic hydroxyl groups excluding tert-OH is 1. The minimum Gasteiger partial charge on any atom is -0.462 e. The molecule has 0 aliphatic rings. The Labute approximate surface area is 359 Å². The number of carbonyl (C=O) groups excluding carboxylic acids is 3. The molecule has 0 saturated heterocycles. The average molecular weight is 889 g/mol. The van der Waals surface area contributed by atoms with Crippen molar-refractivity contribution in [2.24, 2.45) is 0 Å². The molecule has 0 aromatic carbocycles. The van der Waals surface area contributed by atoms with E-state index in [1.807, 2.05) is 6.08 Å². The lowest BCUT2D eigenvalue weighted by Crippen LogP contribution is -2.30. The Bertz CT molecular complexity index is 1400. The van der Waals surface area contributed by atoms with Gasteiger partial charge in [0.25, 0.3) is 0 Å². The SMILES string of the molecule is CC/C=C\C/C=C\C/C=C\C/C=C\CCCCCCC(=O)OC[C@H](COP(=O)(O)OC[C@@H](O)COP(=O)(O)O)OC(=O)CCCCCCCC(=O)/C=C/C=C\CCCCC. The van der Waals surface area contributed by atoms with Crippen LogP contribution in [0.4, 0.5) is 0 Å². The standard InChI is InChI=1S/C44H74O14P2/c1-3-5-7-9-11-12-13-14-15-16-17-18-19-20-22-26-30-34-43(47)54-38-42(39-57-60(52,53)56-37-41(46)36-55-59(49,50)51)58-44(48)35-31-27-23-25-29-33-40(45)32-28-24-21-10-8-6-4-2/h5,7,11-12,14-15,17-18,21,24,28,32,41-42,46H,3-4,6,8-10,13,16,19-20,22-23,25-27,29-31,33-39H2,1-2H3,(H,52,53)(H2,49,50,51)/b7-5-,12-11-,15-14-,18-17-,24-21-,32-28+/t41-,42+/m0/s1. The van der Waals surface area contributed by atoms with Crippen molar-refractivity contribution in [3.8, 4) is 0 Å². The van der Waals surface area contributed by atoms with Crippen LogP contribution >= 0.6 is 15.6 Å². The molecule has 0 fully saturated rings. The van der Waals surface area contributed by atoms with Gasteiger partial charge in [0.2, 0.25) is 0 Å². The van der Waals surface area contributed by atoms with E-state index < -0.39 is 66.2 Å². The smallest absolute Gasteiger partial charge is 0.462 e. The number of hydrogen-bond acceptors (Lipinski definition) is 11. The number of ketones is 1. The first-order valence-electron chi connectivity index (χ1n) is 21.6. The van der Waals surface area contributed by atoms with Crippen LogP contribution in [0.25, 0.3) is 0 Å². The monoisotopic (exact) mass is 888 g/mol. The summed E-state index contributed by atoms with van der Waals surface area (Å²) in [5.74, 6) is -1.09. The Kier molecular flexibility index (Phi) is 37.3. The largest absolute Gasteiger partial charge is 0.472 e. The second-order valence-electron chi connectivity index (χ2n) is 14.3. The molecule has 344 valence electrons. The molecule has 0 spiro atoms. The van der Waals surface area contributed by atoms with Gasteiger partial charge in [-0.05, 0) is 76.7 Å². The summed E-state index contributed by atoms with van der Waals surface area (Å²) < 4.78 is 47.6. The molecule has 0 aromatic rings. The maximum absolute atomic E-state index is 12.7. The normalized spacial score (nSPS) is 14.6. The fourth-order valence-corrected chi connectivity index (χ4v) is 6.42. The van der Waals surface area contributed by atoms with Crippen molar-refractivity contribution in [2.45, 2.75) is 161 Å². The van der Waals surface area contributed by atoms with Crippen LogP contribution in [0, 0.1) is 0 Å². The Hall–Kier alpha value is -2.77. The van der Waals surface area contributed by atoms with Crippen molar-refractivity contribution in [1.82, 2.24) is 0 Å². The molecule has 0 bridgehead atoms. The van der Waals surface area contributed by atoms with Gasteiger partial charge in [0.05, 0.1) is 19.8 Å². The van der Waals surface area contributed by atoms with Crippen molar-refractivity contribution in [3.05, 3.63) is 72.9 Å². The molecule has 0 amide bonds. The highest BCUT2D eigenvalue weighted by Crippen LogP contribution is 2.43. The fourth-order valence-electron chi connectivity index (χ4n) is 5.26. The highest BCUT2D eigenvalue weighted by Gasteiger charge is 2.28. The number of phosphoric ester groups is 2. The molecule has 0 aliphatic heterocycles. The lowest BCUT2D eigenvalue weighted by atomic mass is 10.1. The van der Waals surface area contributed by atoms with Crippen LogP contribution in [0.5, 0.6) is 0 Å². The van der Waals surface area contributed by atoms with Gasteiger partial charge in [0, 0.05) is 19.3 Å². The minimum absolute atomic E-state index is 0.0384. The summed E-state index contributed by atoms with van der Waals surface area (Å²) in [6.45, 7) is 1.42. The van der Waals surface area contributed by atoms with Gasteiger partial charge in [-0.25, -0.2) is 9.13 Å². The second kappa shape index (κ2) is 39.1. The maximum Gasteiger partial charge on any atom is 0.472 e. The number of hydrogen-bond donors (Lipinski definition) is 4. The number of allylic oxidation sites excluding steroid dienone is 12. The second-order valence-corrected chi connectivity index (χ2v) is 17.0. The summed E-state index contributed by atoms with van der Waals surface area (Å²) in [5, 5.41) is 9.74. The lowest BCUT2D eigenvalue weighted by molar-refractivity contribution is -0.161. The molecule has 0 rings (SSSR count). The van der Waals surface area contributed by atoms with Gasteiger partial charge in [-0.2, -0.15) is 0 Å². The van der Waals surface area contributed by atoms with Gasteiger partial charge in [0.1, 0.15) is 12.7 Å². The third-order valence-corrected chi connectivity index (χ3v) is 9.98. The zero-order valence-electron chi connectivity index (χ0n) is 36.0.